The monoisotopic (exact) mass is 325 g/mol. The van der Waals surface area contributed by atoms with Crippen LogP contribution in [-0.2, 0) is 9.53 Å². The van der Waals surface area contributed by atoms with Crippen molar-refractivity contribution < 1.29 is 13.9 Å². The maximum Gasteiger partial charge on any atom is 0.310 e. The first-order chi connectivity index (χ1) is 11.7. The molecule has 0 saturated heterocycles. The van der Waals surface area contributed by atoms with Crippen molar-refractivity contribution in [2.45, 2.75) is 37.5 Å². The average Bonchev–Trinajstić information content (AvgIpc) is 3.48. The number of ether oxygens (including phenoxy) is 1. The number of aromatic nitrogens is 1. The van der Waals surface area contributed by atoms with Gasteiger partial charge in [-0.2, -0.15) is 0 Å². The third kappa shape index (κ3) is 2.70. The highest BCUT2D eigenvalue weighted by atomic mass is 19.1. The molecule has 2 saturated carbocycles. The van der Waals surface area contributed by atoms with Gasteiger partial charge in [-0.25, -0.2) is 4.39 Å². The van der Waals surface area contributed by atoms with Crippen LogP contribution < -0.4 is 0 Å². The Morgan fingerprint density at radius 1 is 1.25 bits per heavy atom. The number of halogens is 1. The highest BCUT2D eigenvalue weighted by molar-refractivity contribution is 5.80. The molecule has 124 valence electrons. The molecule has 4 heteroatoms. The molecule has 3 nitrogen and oxygen atoms in total. The largest absolute Gasteiger partial charge is 0.466 e. The van der Waals surface area contributed by atoms with E-state index in [9.17, 15) is 9.18 Å². The Hall–Kier alpha value is -2.23. The van der Waals surface area contributed by atoms with E-state index < -0.39 is 0 Å². The lowest BCUT2D eigenvalue weighted by Crippen LogP contribution is -2.08. The third-order valence-corrected chi connectivity index (χ3v) is 5.03. The van der Waals surface area contributed by atoms with Gasteiger partial charge in [0.2, 0.25) is 0 Å². The van der Waals surface area contributed by atoms with Crippen molar-refractivity contribution in [3.63, 3.8) is 0 Å². The summed E-state index contributed by atoms with van der Waals surface area (Å²) >= 11 is 0. The van der Waals surface area contributed by atoms with Gasteiger partial charge in [-0.05, 0) is 49.1 Å². The molecular formula is C20H20FNO2. The van der Waals surface area contributed by atoms with Gasteiger partial charge in [0.1, 0.15) is 5.82 Å². The molecule has 0 N–H and O–H groups in total. The van der Waals surface area contributed by atoms with Crippen LogP contribution in [-0.4, -0.2) is 17.6 Å². The zero-order valence-corrected chi connectivity index (χ0v) is 13.6. The van der Waals surface area contributed by atoms with E-state index in [1.54, 1.807) is 19.1 Å². The van der Waals surface area contributed by atoms with Crippen LogP contribution in [0, 0.1) is 11.7 Å². The van der Waals surface area contributed by atoms with Crippen molar-refractivity contribution in [1.29, 1.82) is 0 Å². The Balaban J connectivity index is 1.68. The average molecular weight is 325 g/mol. The molecule has 1 aromatic heterocycles. The molecule has 24 heavy (non-hydrogen) atoms. The Labute approximate surface area is 140 Å². The zero-order valence-electron chi connectivity index (χ0n) is 13.6. The van der Waals surface area contributed by atoms with Gasteiger partial charge < -0.3 is 4.74 Å². The lowest BCUT2D eigenvalue weighted by atomic mass is 10.0. The van der Waals surface area contributed by atoms with E-state index >= 15 is 0 Å². The Morgan fingerprint density at radius 3 is 2.75 bits per heavy atom. The molecule has 0 amide bonds. The summed E-state index contributed by atoms with van der Waals surface area (Å²) in [5.74, 6) is -0.426. The molecule has 0 aliphatic heterocycles. The second-order valence-electron chi connectivity index (χ2n) is 6.64. The van der Waals surface area contributed by atoms with Crippen molar-refractivity contribution in [3.05, 3.63) is 65.2 Å². The number of hydrogen-bond donors (Lipinski definition) is 0. The van der Waals surface area contributed by atoms with Crippen molar-refractivity contribution in [3.8, 4) is 0 Å². The van der Waals surface area contributed by atoms with Crippen LogP contribution >= 0.6 is 0 Å². The topological polar surface area (TPSA) is 39.2 Å². The van der Waals surface area contributed by atoms with E-state index in [0.717, 1.165) is 11.3 Å². The first kappa shape index (κ1) is 15.3. The second kappa shape index (κ2) is 6.00. The predicted octanol–water partition coefficient (Wildman–Crippen LogP) is 4.16. The lowest BCUT2D eigenvalue weighted by molar-refractivity contribution is -0.144. The Bertz CT molecular complexity index is 772. The summed E-state index contributed by atoms with van der Waals surface area (Å²) in [6.07, 6.45) is 4.17. The maximum absolute atomic E-state index is 14.2. The van der Waals surface area contributed by atoms with Gasteiger partial charge in [-0.15, -0.1) is 0 Å². The standard InChI is InChI=1S/C20H20FNO2/c1-2-24-20(23)19-17(18(19)14-5-3-4-6-15(14)21)13-9-10-22-16(11-13)12-7-8-12/h3-6,9-12,17-19H,2,7-8H2,1H3/t17-,18-,19+/m1/s1. The van der Waals surface area contributed by atoms with Gasteiger partial charge in [0.25, 0.3) is 0 Å². The summed E-state index contributed by atoms with van der Waals surface area (Å²) in [6.45, 7) is 2.14. The van der Waals surface area contributed by atoms with E-state index in [4.69, 9.17) is 4.74 Å². The van der Waals surface area contributed by atoms with Gasteiger partial charge in [0.15, 0.2) is 0 Å². The first-order valence-electron chi connectivity index (χ1n) is 8.57. The summed E-state index contributed by atoms with van der Waals surface area (Å²) in [7, 11) is 0. The quantitative estimate of drug-likeness (QED) is 0.775. The van der Waals surface area contributed by atoms with E-state index in [1.807, 2.05) is 18.3 Å². The smallest absolute Gasteiger partial charge is 0.310 e. The van der Waals surface area contributed by atoms with E-state index in [2.05, 4.69) is 11.1 Å². The summed E-state index contributed by atoms with van der Waals surface area (Å²) in [5.41, 5.74) is 2.76. The summed E-state index contributed by atoms with van der Waals surface area (Å²) in [5, 5.41) is 0. The number of nitrogens with zero attached hydrogens (tertiary/aromatic N) is 1. The fourth-order valence-electron chi connectivity index (χ4n) is 3.66. The summed E-state index contributed by atoms with van der Waals surface area (Å²) in [4.78, 5) is 16.8. The van der Waals surface area contributed by atoms with Gasteiger partial charge in [-0.1, -0.05) is 18.2 Å². The molecule has 0 spiro atoms. The molecular weight excluding hydrogens is 305 g/mol. The van der Waals surface area contributed by atoms with E-state index in [1.165, 1.54) is 18.9 Å². The van der Waals surface area contributed by atoms with Crippen molar-refractivity contribution >= 4 is 5.97 Å². The minimum Gasteiger partial charge on any atom is -0.466 e. The van der Waals surface area contributed by atoms with Crippen molar-refractivity contribution in [1.82, 2.24) is 4.98 Å². The molecule has 0 unspecified atom stereocenters. The zero-order chi connectivity index (χ0) is 16.7. The van der Waals surface area contributed by atoms with E-state index in [0.29, 0.717) is 18.1 Å². The summed E-state index contributed by atoms with van der Waals surface area (Å²) < 4.78 is 19.5. The molecule has 2 aliphatic carbocycles. The molecule has 1 aromatic carbocycles. The van der Waals surface area contributed by atoms with Gasteiger partial charge in [0, 0.05) is 29.6 Å². The van der Waals surface area contributed by atoms with Crippen LogP contribution in [0.5, 0.6) is 0 Å². The van der Waals surface area contributed by atoms with Crippen LogP contribution in [0.15, 0.2) is 42.6 Å². The highest BCUT2D eigenvalue weighted by Gasteiger charge is 2.58. The fourth-order valence-corrected chi connectivity index (χ4v) is 3.66. The van der Waals surface area contributed by atoms with Crippen LogP contribution in [0.2, 0.25) is 0 Å². The fraction of sp³-hybridized carbons (Fsp3) is 0.400. The lowest BCUT2D eigenvalue weighted by Gasteiger charge is -2.04. The second-order valence-corrected chi connectivity index (χ2v) is 6.64. The third-order valence-electron chi connectivity index (χ3n) is 5.03. The number of carbonyl (C=O) groups excluding carboxylic acids is 1. The molecule has 0 bridgehead atoms. The van der Waals surface area contributed by atoms with Crippen molar-refractivity contribution in [2.75, 3.05) is 6.61 Å². The van der Waals surface area contributed by atoms with Gasteiger partial charge in [-0.3, -0.25) is 9.78 Å². The highest BCUT2D eigenvalue weighted by Crippen LogP contribution is 2.61. The number of esters is 1. The van der Waals surface area contributed by atoms with Gasteiger partial charge in [0.05, 0.1) is 12.5 Å². The predicted molar refractivity (Wildman–Crippen MR) is 88.2 cm³/mol. The molecule has 0 radical (unpaired) electrons. The van der Waals surface area contributed by atoms with Crippen LogP contribution in [0.25, 0.3) is 0 Å². The number of rotatable bonds is 5. The van der Waals surface area contributed by atoms with Crippen LogP contribution in [0.4, 0.5) is 4.39 Å². The van der Waals surface area contributed by atoms with Crippen LogP contribution in [0.1, 0.15) is 54.3 Å². The minimum absolute atomic E-state index is 0.0264. The Morgan fingerprint density at radius 2 is 2.04 bits per heavy atom. The molecule has 4 rings (SSSR count). The van der Waals surface area contributed by atoms with E-state index in [-0.39, 0.29) is 29.5 Å². The molecule has 2 fully saturated rings. The van der Waals surface area contributed by atoms with Gasteiger partial charge >= 0.3 is 5.97 Å². The number of pyridine rings is 1. The molecule has 1 heterocycles. The Kier molecular flexibility index (Phi) is 3.83. The SMILES string of the molecule is CCOC(=O)[C@H]1[C@H](c2ccnc(C3CC3)c2)[C@H]1c1ccccc1F. The normalized spacial score (nSPS) is 25.3. The van der Waals surface area contributed by atoms with Crippen molar-refractivity contribution in [2.24, 2.45) is 5.92 Å². The first-order valence-corrected chi connectivity index (χ1v) is 8.57. The summed E-state index contributed by atoms with van der Waals surface area (Å²) in [6, 6.07) is 10.8. The molecule has 3 atom stereocenters. The van der Waals surface area contributed by atoms with Crippen LogP contribution in [0.3, 0.4) is 0 Å². The minimum atomic E-state index is -0.309. The number of carbonyl (C=O) groups is 1. The number of benzene rings is 1. The molecule has 2 aromatic rings. The molecule has 2 aliphatic rings. The maximum atomic E-state index is 14.2. The number of hydrogen-bond acceptors (Lipinski definition) is 3.